The zero-order chi connectivity index (χ0) is 16.2. The molecule has 21 heavy (non-hydrogen) atoms. The molecule has 0 bridgehead atoms. The number of hydrogen-bond donors (Lipinski definition) is 2. The summed E-state index contributed by atoms with van der Waals surface area (Å²) in [6.07, 6.45) is 0.287. The number of nitro benzene ring substituents is 1. The van der Waals surface area contributed by atoms with Crippen LogP contribution in [0, 0.1) is 23.0 Å². The van der Waals surface area contributed by atoms with E-state index in [1.54, 1.807) is 6.92 Å². The molecule has 1 atom stereocenters. The van der Waals surface area contributed by atoms with E-state index in [2.05, 4.69) is 5.32 Å². The van der Waals surface area contributed by atoms with Crippen LogP contribution in [0.1, 0.15) is 36.2 Å². The minimum Gasteiger partial charge on any atom is -0.480 e. The minimum absolute atomic E-state index is 0.0950. The van der Waals surface area contributed by atoms with Crippen LogP contribution in [0.15, 0.2) is 18.2 Å². The van der Waals surface area contributed by atoms with Crippen LogP contribution in [0.4, 0.5) is 5.69 Å². The Morgan fingerprint density at radius 1 is 1.38 bits per heavy atom. The molecule has 2 N–H and O–H groups in total. The molecule has 0 unspecified atom stereocenters. The minimum atomic E-state index is -1.12. The third-order valence-electron chi connectivity index (χ3n) is 2.99. The molecule has 114 valence electrons. The molecule has 7 nitrogen and oxygen atoms in total. The lowest BCUT2D eigenvalue weighted by Crippen LogP contribution is -2.41. The molecule has 0 spiro atoms. The van der Waals surface area contributed by atoms with Crippen molar-refractivity contribution in [2.75, 3.05) is 0 Å². The van der Waals surface area contributed by atoms with Gasteiger partial charge < -0.3 is 10.4 Å². The van der Waals surface area contributed by atoms with Gasteiger partial charge in [-0.3, -0.25) is 14.9 Å². The van der Waals surface area contributed by atoms with E-state index in [1.807, 2.05) is 13.8 Å². The Hall–Kier alpha value is -2.44. The number of nitrogens with zero attached hydrogens (tertiary/aromatic N) is 1. The molecule has 0 aliphatic heterocycles. The molecule has 1 rings (SSSR count). The number of amides is 1. The summed E-state index contributed by atoms with van der Waals surface area (Å²) in [7, 11) is 0. The maximum Gasteiger partial charge on any atom is 0.326 e. The fourth-order valence-electron chi connectivity index (χ4n) is 1.90. The van der Waals surface area contributed by atoms with Gasteiger partial charge in [0, 0.05) is 17.7 Å². The molecule has 0 saturated heterocycles. The Labute approximate surface area is 122 Å². The maximum absolute atomic E-state index is 12.1. The number of aryl methyl sites for hydroxylation is 1. The second kappa shape index (κ2) is 6.83. The highest BCUT2D eigenvalue weighted by Crippen LogP contribution is 2.17. The Bertz CT molecular complexity index is 568. The average molecular weight is 294 g/mol. The van der Waals surface area contributed by atoms with Crippen LogP contribution in [0.3, 0.4) is 0 Å². The van der Waals surface area contributed by atoms with E-state index < -0.39 is 22.8 Å². The highest BCUT2D eigenvalue weighted by Gasteiger charge is 2.23. The van der Waals surface area contributed by atoms with Gasteiger partial charge in [-0.1, -0.05) is 19.9 Å². The molecule has 7 heteroatoms. The average Bonchev–Trinajstić information content (AvgIpc) is 2.37. The Morgan fingerprint density at radius 2 is 2.00 bits per heavy atom. The van der Waals surface area contributed by atoms with E-state index in [1.165, 1.54) is 12.1 Å². The Balaban J connectivity index is 2.99. The molecule has 0 aromatic heterocycles. The zero-order valence-corrected chi connectivity index (χ0v) is 12.1. The number of carboxylic acid groups (broad SMARTS) is 1. The predicted octanol–water partition coefficient (Wildman–Crippen LogP) is 2.13. The van der Waals surface area contributed by atoms with Gasteiger partial charge in [0.1, 0.15) is 6.04 Å². The van der Waals surface area contributed by atoms with Crippen LogP contribution in [0.25, 0.3) is 0 Å². The topological polar surface area (TPSA) is 110 Å². The van der Waals surface area contributed by atoms with Crippen molar-refractivity contribution >= 4 is 17.6 Å². The number of carbonyl (C=O) groups is 2. The third kappa shape index (κ3) is 4.55. The number of carbonyl (C=O) groups excluding carboxylic acids is 1. The Kier molecular flexibility index (Phi) is 5.40. The highest BCUT2D eigenvalue weighted by atomic mass is 16.6. The van der Waals surface area contributed by atoms with Crippen molar-refractivity contribution in [3.8, 4) is 0 Å². The first-order chi connectivity index (χ1) is 9.72. The van der Waals surface area contributed by atoms with Crippen molar-refractivity contribution in [2.45, 2.75) is 33.2 Å². The van der Waals surface area contributed by atoms with Crippen molar-refractivity contribution in [2.24, 2.45) is 5.92 Å². The molecule has 1 aromatic carbocycles. The molecule has 1 aromatic rings. The van der Waals surface area contributed by atoms with Crippen molar-refractivity contribution in [3.63, 3.8) is 0 Å². The highest BCUT2D eigenvalue weighted by molar-refractivity contribution is 5.98. The fraction of sp³-hybridized carbons (Fsp3) is 0.429. The van der Waals surface area contributed by atoms with Gasteiger partial charge in [-0.2, -0.15) is 0 Å². The number of carboxylic acids is 1. The molecule has 0 saturated carbocycles. The molecular weight excluding hydrogens is 276 g/mol. The number of rotatable bonds is 6. The van der Waals surface area contributed by atoms with E-state index in [0.717, 1.165) is 6.07 Å². The fourth-order valence-corrected chi connectivity index (χ4v) is 1.90. The third-order valence-corrected chi connectivity index (χ3v) is 2.99. The summed E-state index contributed by atoms with van der Waals surface area (Å²) < 4.78 is 0. The number of non-ortho nitro benzene ring substituents is 1. The van der Waals surface area contributed by atoms with Crippen LogP contribution >= 0.6 is 0 Å². The van der Waals surface area contributed by atoms with Gasteiger partial charge in [-0.15, -0.1) is 0 Å². The monoisotopic (exact) mass is 294 g/mol. The molecule has 0 heterocycles. The van der Waals surface area contributed by atoms with Crippen LogP contribution in [-0.4, -0.2) is 27.9 Å². The van der Waals surface area contributed by atoms with Crippen molar-refractivity contribution < 1.29 is 19.6 Å². The van der Waals surface area contributed by atoms with E-state index in [9.17, 15) is 19.7 Å². The van der Waals surface area contributed by atoms with E-state index >= 15 is 0 Å². The summed E-state index contributed by atoms with van der Waals surface area (Å²) >= 11 is 0. The van der Waals surface area contributed by atoms with Crippen molar-refractivity contribution in [1.82, 2.24) is 5.32 Å². The molecule has 0 radical (unpaired) electrons. The van der Waals surface area contributed by atoms with Gasteiger partial charge in [-0.25, -0.2) is 4.79 Å². The van der Waals surface area contributed by atoms with Crippen LogP contribution < -0.4 is 5.32 Å². The first-order valence-electron chi connectivity index (χ1n) is 6.51. The van der Waals surface area contributed by atoms with Gasteiger partial charge in [0.05, 0.1) is 4.92 Å². The smallest absolute Gasteiger partial charge is 0.326 e. The van der Waals surface area contributed by atoms with Crippen LogP contribution in [0.2, 0.25) is 0 Å². The van der Waals surface area contributed by atoms with Gasteiger partial charge >= 0.3 is 5.97 Å². The normalized spacial score (nSPS) is 12.0. The summed E-state index contributed by atoms with van der Waals surface area (Å²) in [6, 6.07) is 2.90. The Morgan fingerprint density at radius 3 is 2.48 bits per heavy atom. The number of benzene rings is 1. The van der Waals surface area contributed by atoms with Crippen LogP contribution in [0.5, 0.6) is 0 Å². The van der Waals surface area contributed by atoms with Crippen LogP contribution in [-0.2, 0) is 4.79 Å². The van der Waals surface area contributed by atoms with Crippen molar-refractivity contribution in [1.29, 1.82) is 0 Å². The summed E-state index contributed by atoms with van der Waals surface area (Å²) in [5.74, 6) is -1.65. The molecule has 0 fully saturated rings. The molecule has 0 aliphatic rings. The van der Waals surface area contributed by atoms with Gasteiger partial charge in [0.15, 0.2) is 0 Å². The number of aliphatic carboxylic acids is 1. The van der Waals surface area contributed by atoms with Gasteiger partial charge in [0.2, 0.25) is 0 Å². The second-order valence-corrected chi connectivity index (χ2v) is 5.25. The first-order valence-corrected chi connectivity index (χ1v) is 6.51. The number of nitrogens with one attached hydrogen (secondary N) is 1. The molecule has 0 aliphatic carbocycles. The van der Waals surface area contributed by atoms with E-state index in [4.69, 9.17) is 5.11 Å². The zero-order valence-electron chi connectivity index (χ0n) is 12.1. The van der Waals surface area contributed by atoms with Crippen molar-refractivity contribution in [3.05, 3.63) is 39.4 Å². The van der Waals surface area contributed by atoms with Gasteiger partial charge in [-0.05, 0) is 24.8 Å². The summed E-state index contributed by atoms with van der Waals surface area (Å²) in [5, 5.41) is 22.3. The largest absolute Gasteiger partial charge is 0.480 e. The molecule has 1 amide bonds. The number of nitro groups is 1. The standard InChI is InChI=1S/C14H18N2O5/c1-8(2)6-12(14(18)19)15-13(17)11-7-10(16(20)21)5-4-9(11)3/h4-5,7-8,12H,6H2,1-3H3,(H,15,17)(H,18,19)/t12-/m1/s1. The lowest BCUT2D eigenvalue weighted by Gasteiger charge is -2.17. The maximum atomic E-state index is 12.1. The summed E-state index contributed by atoms with van der Waals surface area (Å²) in [4.78, 5) is 33.4. The van der Waals surface area contributed by atoms with E-state index in [0.29, 0.717) is 5.56 Å². The van der Waals surface area contributed by atoms with Gasteiger partial charge in [0.25, 0.3) is 11.6 Å². The predicted molar refractivity (Wildman–Crippen MR) is 76.2 cm³/mol. The molecular formula is C14H18N2O5. The SMILES string of the molecule is Cc1ccc([N+](=O)[O-])cc1C(=O)N[C@H](CC(C)C)C(=O)O. The summed E-state index contributed by atoms with van der Waals surface area (Å²) in [6.45, 7) is 5.33. The second-order valence-electron chi connectivity index (χ2n) is 5.25. The number of hydrogen-bond acceptors (Lipinski definition) is 4. The van der Waals surface area contributed by atoms with E-state index in [-0.39, 0.29) is 23.6 Å². The lowest BCUT2D eigenvalue weighted by molar-refractivity contribution is -0.384. The first kappa shape index (κ1) is 16.6. The lowest BCUT2D eigenvalue weighted by atomic mass is 10.0. The summed E-state index contributed by atoms with van der Waals surface area (Å²) in [5.41, 5.74) is 0.451. The quantitative estimate of drug-likeness (QED) is 0.617.